The van der Waals surface area contributed by atoms with Crippen molar-refractivity contribution in [3.63, 3.8) is 0 Å². The van der Waals surface area contributed by atoms with E-state index < -0.39 is 10.0 Å². The quantitative estimate of drug-likeness (QED) is 0.279. The fraction of sp³-hybridized carbons (Fsp3) is 0.226. The maximum Gasteiger partial charge on any atom is 0.238 e. The van der Waals surface area contributed by atoms with Gasteiger partial charge in [-0.3, -0.25) is 4.79 Å². The Kier molecular flexibility index (Phi) is 8.71. The molecular weight excluding hydrogens is 494 g/mol. The number of hydrogen-bond acceptors (Lipinski definition) is 5. The highest BCUT2D eigenvalue weighted by molar-refractivity contribution is 7.89. The molecule has 0 radical (unpaired) electrons. The van der Waals surface area contributed by atoms with Crippen LogP contribution in [-0.2, 0) is 34.2 Å². The summed E-state index contributed by atoms with van der Waals surface area (Å²) in [6.07, 6.45) is 1.43. The lowest BCUT2D eigenvalue weighted by atomic mass is 10.0. The summed E-state index contributed by atoms with van der Waals surface area (Å²) in [5.41, 5.74) is 4.91. The Hall–Kier alpha value is -3.81. The van der Waals surface area contributed by atoms with Crippen LogP contribution in [0.15, 0.2) is 95.9 Å². The number of nitrogens with two attached hydrogens (primary N) is 1. The number of hydrogen-bond donors (Lipinski definition) is 1. The number of aryl methyl sites for hydroxylation is 1. The van der Waals surface area contributed by atoms with Gasteiger partial charge in [0.15, 0.2) is 0 Å². The van der Waals surface area contributed by atoms with E-state index >= 15 is 0 Å². The summed E-state index contributed by atoms with van der Waals surface area (Å²) in [4.78, 5) is 20.1. The second kappa shape index (κ2) is 12.2. The molecule has 0 saturated carbocycles. The van der Waals surface area contributed by atoms with Gasteiger partial charge in [-0.25, -0.2) is 18.5 Å². The van der Waals surface area contributed by atoms with Crippen LogP contribution in [0.5, 0.6) is 0 Å². The average Bonchev–Trinajstić information content (AvgIpc) is 2.89. The Morgan fingerprint density at radius 1 is 0.842 bits per heavy atom. The van der Waals surface area contributed by atoms with Gasteiger partial charge in [-0.1, -0.05) is 85.3 Å². The first kappa shape index (κ1) is 27.2. The Morgan fingerprint density at radius 3 is 2.18 bits per heavy atom. The third-order valence-electron chi connectivity index (χ3n) is 6.30. The molecule has 3 aromatic carbocycles. The lowest BCUT2D eigenvalue weighted by Crippen LogP contribution is -2.25. The normalized spacial score (nSPS) is 11.3. The molecule has 0 saturated heterocycles. The number of rotatable bonds is 11. The molecule has 1 heterocycles. The molecular formula is C31H33N3O3S. The molecule has 0 aliphatic rings. The highest BCUT2D eigenvalue weighted by Gasteiger charge is 2.19. The van der Waals surface area contributed by atoms with Crippen LogP contribution in [0.1, 0.15) is 35.6 Å². The van der Waals surface area contributed by atoms with Crippen molar-refractivity contribution in [2.24, 2.45) is 5.14 Å². The average molecular weight is 528 g/mol. The third kappa shape index (κ3) is 7.15. The zero-order valence-corrected chi connectivity index (χ0v) is 22.6. The number of sulfonamides is 1. The predicted octanol–water partition coefficient (Wildman–Crippen LogP) is 5.48. The predicted molar refractivity (Wildman–Crippen MR) is 152 cm³/mol. The van der Waals surface area contributed by atoms with E-state index in [-0.39, 0.29) is 17.1 Å². The minimum Gasteiger partial charge on any atom is -0.352 e. The first-order valence-corrected chi connectivity index (χ1v) is 14.3. The van der Waals surface area contributed by atoms with Crippen molar-refractivity contribution in [3.8, 4) is 11.3 Å². The van der Waals surface area contributed by atoms with Crippen LogP contribution in [0.2, 0.25) is 0 Å². The van der Waals surface area contributed by atoms with Gasteiger partial charge in [0.1, 0.15) is 11.6 Å². The first-order chi connectivity index (χ1) is 18.2. The van der Waals surface area contributed by atoms with E-state index in [0.717, 1.165) is 35.2 Å². The molecule has 4 aromatic rings. The standard InChI is InChI=1S/C31H33N3O3S/c1-3-17-34(22-25-9-5-4-6-10-25)31-21-26(19-27(35)18-24-15-13-23(2)14-16-24)20-29(33-31)28-11-7-8-12-30(28)38(32,36)37/h4-16,20-21H,3,17-19,22H2,1-2H3,(H2,32,36,37). The van der Waals surface area contributed by atoms with Gasteiger partial charge in [-0.15, -0.1) is 0 Å². The van der Waals surface area contributed by atoms with E-state index in [0.29, 0.717) is 30.0 Å². The van der Waals surface area contributed by atoms with Gasteiger partial charge in [0.05, 0.1) is 10.6 Å². The lowest BCUT2D eigenvalue weighted by molar-refractivity contribution is -0.117. The lowest BCUT2D eigenvalue weighted by Gasteiger charge is -2.25. The van der Waals surface area contributed by atoms with Gasteiger partial charge < -0.3 is 4.90 Å². The van der Waals surface area contributed by atoms with Gasteiger partial charge in [0.25, 0.3) is 0 Å². The second-order valence-corrected chi connectivity index (χ2v) is 11.1. The molecule has 1 aromatic heterocycles. The molecule has 4 rings (SSSR count). The maximum atomic E-state index is 13.1. The molecule has 0 atom stereocenters. The van der Waals surface area contributed by atoms with E-state index in [9.17, 15) is 13.2 Å². The summed E-state index contributed by atoms with van der Waals surface area (Å²) >= 11 is 0. The van der Waals surface area contributed by atoms with E-state index in [1.54, 1.807) is 24.3 Å². The molecule has 0 bridgehead atoms. The summed E-state index contributed by atoms with van der Waals surface area (Å²) in [5.74, 6) is 0.761. The van der Waals surface area contributed by atoms with Crippen LogP contribution >= 0.6 is 0 Å². The van der Waals surface area contributed by atoms with Gasteiger partial charge in [0.2, 0.25) is 10.0 Å². The fourth-order valence-electron chi connectivity index (χ4n) is 4.47. The molecule has 0 amide bonds. The van der Waals surface area contributed by atoms with Crippen molar-refractivity contribution in [1.82, 2.24) is 4.98 Å². The van der Waals surface area contributed by atoms with Crippen LogP contribution in [0.3, 0.4) is 0 Å². The maximum absolute atomic E-state index is 13.1. The molecule has 2 N–H and O–H groups in total. The summed E-state index contributed by atoms with van der Waals surface area (Å²) in [7, 11) is -3.97. The molecule has 7 heteroatoms. The Labute approximate surface area is 225 Å². The highest BCUT2D eigenvalue weighted by atomic mass is 32.2. The zero-order chi connectivity index (χ0) is 27.1. The van der Waals surface area contributed by atoms with Crippen molar-refractivity contribution in [1.29, 1.82) is 0 Å². The largest absolute Gasteiger partial charge is 0.352 e. The minimum atomic E-state index is -3.97. The number of ketones is 1. The summed E-state index contributed by atoms with van der Waals surface area (Å²) in [6, 6.07) is 28.4. The number of anilines is 1. The number of carbonyl (C=O) groups is 1. The molecule has 0 aliphatic heterocycles. The van der Waals surface area contributed by atoms with Crippen LogP contribution in [-0.4, -0.2) is 25.7 Å². The Balaban J connectivity index is 1.75. The number of aromatic nitrogens is 1. The van der Waals surface area contributed by atoms with Crippen LogP contribution in [0.4, 0.5) is 5.82 Å². The van der Waals surface area contributed by atoms with E-state index in [4.69, 9.17) is 10.1 Å². The Bertz CT molecular complexity index is 1500. The number of carbonyl (C=O) groups excluding carboxylic acids is 1. The fourth-order valence-corrected chi connectivity index (χ4v) is 5.22. The summed E-state index contributed by atoms with van der Waals surface area (Å²) in [6.45, 7) is 5.50. The minimum absolute atomic E-state index is 0.00619. The molecule has 0 aliphatic carbocycles. The Morgan fingerprint density at radius 2 is 1.50 bits per heavy atom. The molecule has 0 unspecified atom stereocenters. The third-order valence-corrected chi connectivity index (χ3v) is 7.27. The summed E-state index contributed by atoms with van der Waals surface area (Å²) < 4.78 is 24.7. The van der Waals surface area contributed by atoms with Crippen molar-refractivity contribution in [3.05, 3.63) is 113 Å². The number of Topliss-reactive ketones (excluding diaryl/α,β-unsaturated/α-hetero) is 1. The molecule has 38 heavy (non-hydrogen) atoms. The smallest absolute Gasteiger partial charge is 0.238 e. The van der Waals surface area contributed by atoms with Gasteiger partial charge in [-0.2, -0.15) is 0 Å². The van der Waals surface area contributed by atoms with Crippen molar-refractivity contribution >= 4 is 21.6 Å². The topological polar surface area (TPSA) is 93.4 Å². The van der Waals surface area contributed by atoms with Gasteiger partial charge in [0, 0.05) is 31.5 Å². The SMILES string of the molecule is CCCN(Cc1ccccc1)c1cc(CC(=O)Cc2ccc(C)cc2)cc(-c2ccccc2S(N)(=O)=O)n1. The van der Waals surface area contributed by atoms with E-state index in [2.05, 4.69) is 24.0 Å². The molecule has 196 valence electrons. The van der Waals surface area contributed by atoms with Crippen LogP contribution in [0.25, 0.3) is 11.3 Å². The second-order valence-electron chi connectivity index (χ2n) is 9.54. The number of primary sulfonamides is 1. The number of pyridine rings is 1. The molecule has 6 nitrogen and oxygen atoms in total. The first-order valence-electron chi connectivity index (χ1n) is 12.7. The zero-order valence-electron chi connectivity index (χ0n) is 21.8. The van der Waals surface area contributed by atoms with Crippen LogP contribution < -0.4 is 10.0 Å². The van der Waals surface area contributed by atoms with Crippen LogP contribution in [0, 0.1) is 6.92 Å². The van der Waals surface area contributed by atoms with E-state index in [1.165, 1.54) is 6.07 Å². The molecule has 0 fully saturated rings. The highest BCUT2D eigenvalue weighted by Crippen LogP contribution is 2.29. The molecule has 0 spiro atoms. The monoisotopic (exact) mass is 527 g/mol. The van der Waals surface area contributed by atoms with Gasteiger partial charge >= 0.3 is 0 Å². The van der Waals surface area contributed by atoms with Crippen molar-refractivity contribution < 1.29 is 13.2 Å². The number of benzene rings is 3. The van der Waals surface area contributed by atoms with E-state index in [1.807, 2.05) is 55.5 Å². The van der Waals surface area contributed by atoms with Crippen molar-refractivity contribution in [2.75, 3.05) is 11.4 Å². The van der Waals surface area contributed by atoms with Gasteiger partial charge in [-0.05, 0) is 48.2 Å². The summed E-state index contributed by atoms with van der Waals surface area (Å²) in [5, 5.41) is 5.54. The number of nitrogens with zero attached hydrogens (tertiary/aromatic N) is 2. The van der Waals surface area contributed by atoms with Crippen molar-refractivity contribution in [2.45, 2.75) is 44.6 Å².